The van der Waals surface area contributed by atoms with E-state index in [1.54, 1.807) is 34.7 Å². The van der Waals surface area contributed by atoms with Crippen LogP contribution in [0.2, 0.25) is 0 Å². The SMILES string of the molecule is C/C=C\C(=C/C)C(=O)I. The van der Waals surface area contributed by atoms with Gasteiger partial charge in [0, 0.05) is 28.2 Å². The van der Waals surface area contributed by atoms with E-state index in [4.69, 9.17) is 0 Å². The number of carbonyl (C=O) groups excluding carboxylic acids is 1. The molecule has 0 unspecified atom stereocenters. The largest absolute Gasteiger partial charge is 0.282 e. The van der Waals surface area contributed by atoms with Crippen molar-refractivity contribution in [1.82, 2.24) is 0 Å². The standard InChI is InChI=1S/C7H9IO/c1-3-5-6(4-2)7(8)9/h3-5H,1-2H3/b5-3-,6-4+. The Hall–Kier alpha value is -0.120. The minimum Gasteiger partial charge on any atom is -0.282 e. The first-order valence-corrected chi connectivity index (χ1v) is 3.79. The molecule has 9 heavy (non-hydrogen) atoms. The van der Waals surface area contributed by atoms with Crippen molar-refractivity contribution in [3.63, 3.8) is 0 Å². The van der Waals surface area contributed by atoms with Crippen molar-refractivity contribution >= 4 is 26.4 Å². The monoisotopic (exact) mass is 236 g/mol. The maximum Gasteiger partial charge on any atom is 0.222 e. The maximum atomic E-state index is 10.6. The molecule has 0 heterocycles. The van der Waals surface area contributed by atoms with E-state index < -0.39 is 0 Å². The highest BCUT2D eigenvalue weighted by Crippen LogP contribution is 2.03. The fourth-order valence-electron chi connectivity index (χ4n) is 0.455. The summed E-state index contributed by atoms with van der Waals surface area (Å²) in [5.74, 6) is 0. The molecule has 0 aliphatic rings. The lowest BCUT2D eigenvalue weighted by molar-refractivity contribution is -0.106. The fraction of sp³-hybridized carbons (Fsp3) is 0.286. The Labute approximate surface area is 69.0 Å². The van der Waals surface area contributed by atoms with E-state index in [9.17, 15) is 4.79 Å². The van der Waals surface area contributed by atoms with Gasteiger partial charge in [-0.3, -0.25) is 4.79 Å². The van der Waals surface area contributed by atoms with E-state index in [1.165, 1.54) is 0 Å². The Balaban J connectivity index is 4.19. The van der Waals surface area contributed by atoms with Gasteiger partial charge in [0.25, 0.3) is 0 Å². The van der Waals surface area contributed by atoms with Gasteiger partial charge >= 0.3 is 0 Å². The van der Waals surface area contributed by atoms with E-state index >= 15 is 0 Å². The van der Waals surface area contributed by atoms with Crippen LogP contribution in [0.25, 0.3) is 0 Å². The molecule has 0 spiro atoms. The summed E-state index contributed by atoms with van der Waals surface area (Å²) < 4.78 is 0.0909. The quantitative estimate of drug-likeness (QED) is 0.311. The van der Waals surface area contributed by atoms with E-state index in [0.29, 0.717) is 0 Å². The summed E-state index contributed by atoms with van der Waals surface area (Å²) in [5, 5.41) is 0. The van der Waals surface area contributed by atoms with Gasteiger partial charge in [-0.2, -0.15) is 0 Å². The van der Waals surface area contributed by atoms with Gasteiger partial charge in [0.2, 0.25) is 3.79 Å². The van der Waals surface area contributed by atoms with Crippen molar-refractivity contribution < 1.29 is 4.79 Å². The Morgan fingerprint density at radius 2 is 2.00 bits per heavy atom. The summed E-state index contributed by atoms with van der Waals surface area (Å²) in [6, 6.07) is 0. The van der Waals surface area contributed by atoms with Gasteiger partial charge in [0.1, 0.15) is 0 Å². The van der Waals surface area contributed by atoms with Crippen LogP contribution < -0.4 is 0 Å². The highest BCUT2D eigenvalue weighted by Gasteiger charge is 1.96. The predicted octanol–water partition coefficient (Wildman–Crippen LogP) is 2.47. The van der Waals surface area contributed by atoms with Gasteiger partial charge < -0.3 is 0 Å². The maximum absolute atomic E-state index is 10.6. The Morgan fingerprint density at radius 1 is 1.44 bits per heavy atom. The van der Waals surface area contributed by atoms with Crippen LogP contribution in [0.3, 0.4) is 0 Å². The van der Waals surface area contributed by atoms with Gasteiger partial charge in [-0.05, 0) is 13.8 Å². The van der Waals surface area contributed by atoms with Crippen molar-refractivity contribution in [2.45, 2.75) is 13.8 Å². The molecule has 0 aliphatic heterocycles. The van der Waals surface area contributed by atoms with E-state index in [1.807, 2.05) is 19.9 Å². The highest BCUT2D eigenvalue weighted by atomic mass is 127. The number of hydrogen-bond donors (Lipinski definition) is 0. The van der Waals surface area contributed by atoms with Gasteiger partial charge in [-0.25, -0.2) is 0 Å². The van der Waals surface area contributed by atoms with Crippen molar-refractivity contribution in [2.24, 2.45) is 0 Å². The van der Waals surface area contributed by atoms with Crippen LogP contribution in [0.4, 0.5) is 0 Å². The molecule has 0 aromatic rings. The van der Waals surface area contributed by atoms with Crippen LogP contribution in [-0.4, -0.2) is 3.79 Å². The van der Waals surface area contributed by atoms with Crippen LogP contribution in [0.5, 0.6) is 0 Å². The second-order valence-electron chi connectivity index (χ2n) is 1.52. The van der Waals surface area contributed by atoms with Crippen LogP contribution in [0, 0.1) is 0 Å². The molecule has 2 heteroatoms. The summed E-state index contributed by atoms with van der Waals surface area (Å²) in [5.41, 5.74) is 0.762. The normalized spacial score (nSPS) is 12.6. The average molecular weight is 236 g/mol. The first kappa shape index (κ1) is 8.88. The van der Waals surface area contributed by atoms with Crippen molar-refractivity contribution in [2.75, 3.05) is 0 Å². The molecule has 0 saturated carbocycles. The smallest absolute Gasteiger partial charge is 0.222 e. The molecule has 50 valence electrons. The zero-order valence-corrected chi connectivity index (χ0v) is 7.68. The number of carbonyl (C=O) groups is 1. The topological polar surface area (TPSA) is 17.1 Å². The van der Waals surface area contributed by atoms with Crippen LogP contribution in [0.15, 0.2) is 23.8 Å². The van der Waals surface area contributed by atoms with Gasteiger partial charge in [0.15, 0.2) is 0 Å². The molecule has 0 N–H and O–H groups in total. The molecule has 0 radical (unpaired) electrons. The molecule has 1 nitrogen and oxygen atoms in total. The zero-order valence-electron chi connectivity index (χ0n) is 5.52. The summed E-state index contributed by atoms with van der Waals surface area (Å²) in [7, 11) is 0. The van der Waals surface area contributed by atoms with Crippen LogP contribution >= 0.6 is 22.6 Å². The predicted molar refractivity (Wildman–Crippen MR) is 47.6 cm³/mol. The van der Waals surface area contributed by atoms with Crippen molar-refractivity contribution in [3.05, 3.63) is 23.8 Å². The second kappa shape index (κ2) is 4.73. The minimum atomic E-state index is 0.0909. The van der Waals surface area contributed by atoms with Crippen molar-refractivity contribution in [3.8, 4) is 0 Å². The Morgan fingerprint density at radius 3 is 2.11 bits per heavy atom. The molecule has 0 atom stereocenters. The third kappa shape index (κ3) is 3.46. The third-order valence-corrected chi connectivity index (χ3v) is 1.51. The first-order valence-electron chi connectivity index (χ1n) is 2.71. The lowest BCUT2D eigenvalue weighted by atomic mass is 10.2. The van der Waals surface area contributed by atoms with Crippen molar-refractivity contribution in [1.29, 1.82) is 0 Å². The molecule has 0 saturated heterocycles. The molecule has 0 aromatic heterocycles. The second-order valence-corrected chi connectivity index (χ2v) is 2.50. The molecular weight excluding hydrogens is 227 g/mol. The van der Waals surface area contributed by atoms with Gasteiger partial charge in [-0.15, -0.1) is 0 Å². The van der Waals surface area contributed by atoms with Crippen LogP contribution in [-0.2, 0) is 4.79 Å². The molecule has 0 amide bonds. The summed E-state index contributed by atoms with van der Waals surface area (Å²) >= 11 is 1.77. The summed E-state index contributed by atoms with van der Waals surface area (Å²) in [6.07, 6.45) is 5.45. The Kier molecular flexibility index (Phi) is 4.67. The van der Waals surface area contributed by atoms with E-state index in [2.05, 4.69) is 0 Å². The highest BCUT2D eigenvalue weighted by molar-refractivity contribution is 14.1. The molecule has 0 fully saturated rings. The number of rotatable bonds is 2. The molecule has 0 aromatic carbocycles. The lowest BCUT2D eigenvalue weighted by Crippen LogP contribution is -1.86. The molecule has 0 aliphatic carbocycles. The zero-order chi connectivity index (χ0) is 7.28. The Bertz CT molecular complexity index is 156. The summed E-state index contributed by atoms with van der Waals surface area (Å²) in [4.78, 5) is 10.6. The minimum absolute atomic E-state index is 0.0909. The molecule has 0 rings (SSSR count). The molecular formula is C7H9IO. The van der Waals surface area contributed by atoms with E-state index in [-0.39, 0.29) is 3.79 Å². The average Bonchev–Trinajstić information content (AvgIpc) is 1.82. The fourth-order valence-corrected chi connectivity index (χ4v) is 0.946. The lowest BCUT2D eigenvalue weighted by Gasteiger charge is -1.88. The first-order chi connectivity index (χ1) is 4.22. The van der Waals surface area contributed by atoms with Gasteiger partial charge in [-0.1, -0.05) is 18.2 Å². The van der Waals surface area contributed by atoms with Crippen LogP contribution in [0.1, 0.15) is 13.8 Å². The number of hydrogen-bond acceptors (Lipinski definition) is 1. The number of halogens is 1. The van der Waals surface area contributed by atoms with E-state index in [0.717, 1.165) is 5.57 Å². The third-order valence-electron chi connectivity index (χ3n) is 0.884. The molecule has 0 bridgehead atoms. The summed E-state index contributed by atoms with van der Waals surface area (Å²) in [6.45, 7) is 3.75. The van der Waals surface area contributed by atoms with Gasteiger partial charge in [0.05, 0.1) is 0 Å². The number of allylic oxidation sites excluding steroid dienone is 4.